The lowest BCUT2D eigenvalue weighted by molar-refractivity contribution is -0.122. The highest BCUT2D eigenvalue weighted by Crippen LogP contribution is 2.19. The molecule has 29 heavy (non-hydrogen) atoms. The van der Waals surface area contributed by atoms with Gasteiger partial charge in [0.1, 0.15) is 24.7 Å². The van der Waals surface area contributed by atoms with E-state index in [9.17, 15) is 9.59 Å². The van der Waals surface area contributed by atoms with Gasteiger partial charge in [0.05, 0.1) is 18.8 Å². The van der Waals surface area contributed by atoms with Crippen molar-refractivity contribution >= 4 is 5.91 Å². The van der Waals surface area contributed by atoms with Gasteiger partial charge in [-0.2, -0.15) is 5.10 Å². The molecule has 150 valence electrons. The zero-order valence-corrected chi connectivity index (χ0v) is 16.2. The van der Waals surface area contributed by atoms with E-state index in [0.29, 0.717) is 25.5 Å². The molecule has 1 aromatic heterocycles. The van der Waals surface area contributed by atoms with E-state index in [1.165, 1.54) is 6.07 Å². The zero-order valence-electron chi connectivity index (χ0n) is 16.2. The molecule has 0 bridgehead atoms. The summed E-state index contributed by atoms with van der Waals surface area (Å²) in [6.07, 6.45) is 0. The van der Waals surface area contributed by atoms with Crippen LogP contribution in [-0.2, 0) is 11.3 Å². The van der Waals surface area contributed by atoms with Crippen molar-refractivity contribution in [1.29, 1.82) is 0 Å². The van der Waals surface area contributed by atoms with E-state index in [-0.39, 0.29) is 18.0 Å². The molecule has 2 aromatic carbocycles. The van der Waals surface area contributed by atoms with Crippen LogP contribution in [-0.4, -0.2) is 35.4 Å². The molecule has 7 heteroatoms. The van der Waals surface area contributed by atoms with Crippen molar-refractivity contribution in [2.75, 3.05) is 19.8 Å². The summed E-state index contributed by atoms with van der Waals surface area (Å²) < 4.78 is 12.1. The van der Waals surface area contributed by atoms with Crippen LogP contribution in [0.1, 0.15) is 6.92 Å². The van der Waals surface area contributed by atoms with Gasteiger partial charge < -0.3 is 14.8 Å². The number of amides is 1. The lowest BCUT2D eigenvalue weighted by Crippen LogP contribution is -2.35. The van der Waals surface area contributed by atoms with Crippen molar-refractivity contribution in [2.45, 2.75) is 13.5 Å². The fraction of sp³-hybridized carbons (Fsp3) is 0.227. The molecule has 0 atom stereocenters. The Bertz CT molecular complexity index is 985. The van der Waals surface area contributed by atoms with Crippen LogP contribution in [0.5, 0.6) is 11.5 Å². The van der Waals surface area contributed by atoms with Gasteiger partial charge in [0.15, 0.2) is 0 Å². The standard InChI is InChI=1S/C22H23N3O4/c1-2-28-19-10-8-17(9-11-19)20-12-13-22(27)25(24-20)16-21(26)23-14-15-29-18-6-4-3-5-7-18/h3-13H,2,14-16H2,1H3,(H,23,26). The van der Waals surface area contributed by atoms with Crippen LogP contribution in [0.15, 0.2) is 71.5 Å². The molecule has 0 aliphatic heterocycles. The molecule has 1 N–H and O–H groups in total. The van der Waals surface area contributed by atoms with Crippen molar-refractivity contribution in [2.24, 2.45) is 0 Å². The minimum atomic E-state index is -0.338. The third-order valence-corrected chi connectivity index (χ3v) is 4.06. The molecule has 0 radical (unpaired) electrons. The molecule has 0 saturated heterocycles. The van der Waals surface area contributed by atoms with E-state index in [2.05, 4.69) is 10.4 Å². The second kappa shape index (κ2) is 10.1. The predicted molar refractivity (Wildman–Crippen MR) is 110 cm³/mol. The van der Waals surface area contributed by atoms with Gasteiger partial charge in [0.25, 0.3) is 5.56 Å². The van der Waals surface area contributed by atoms with Gasteiger partial charge in [-0.05, 0) is 49.4 Å². The fourth-order valence-corrected chi connectivity index (χ4v) is 2.67. The second-order valence-electron chi connectivity index (χ2n) is 6.18. The Hall–Kier alpha value is -3.61. The molecule has 1 heterocycles. The number of hydrogen-bond acceptors (Lipinski definition) is 5. The summed E-state index contributed by atoms with van der Waals surface area (Å²) in [5.41, 5.74) is 1.10. The van der Waals surface area contributed by atoms with Crippen molar-refractivity contribution in [1.82, 2.24) is 15.1 Å². The molecule has 3 aromatic rings. The van der Waals surface area contributed by atoms with Crippen molar-refractivity contribution in [3.63, 3.8) is 0 Å². The highest BCUT2D eigenvalue weighted by molar-refractivity contribution is 5.75. The molecule has 0 spiro atoms. The smallest absolute Gasteiger partial charge is 0.267 e. The first kappa shape index (κ1) is 20.1. The third kappa shape index (κ3) is 5.93. The maximum Gasteiger partial charge on any atom is 0.267 e. The van der Waals surface area contributed by atoms with Gasteiger partial charge in [0, 0.05) is 11.6 Å². The van der Waals surface area contributed by atoms with Gasteiger partial charge >= 0.3 is 0 Å². The van der Waals surface area contributed by atoms with Crippen LogP contribution >= 0.6 is 0 Å². The van der Waals surface area contributed by atoms with Crippen LogP contribution in [0.2, 0.25) is 0 Å². The van der Waals surface area contributed by atoms with E-state index >= 15 is 0 Å². The van der Waals surface area contributed by atoms with Gasteiger partial charge in [-0.25, -0.2) is 4.68 Å². The van der Waals surface area contributed by atoms with E-state index in [1.54, 1.807) is 6.07 Å². The number of carbonyl (C=O) groups excluding carboxylic acids is 1. The summed E-state index contributed by atoms with van der Waals surface area (Å²) in [6, 6.07) is 19.8. The zero-order chi connectivity index (χ0) is 20.5. The maximum absolute atomic E-state index is 12.2. The number of benzene rings is 2. The Morgan fingerprint density at radius 3 is 2.41 bits per heavy atom. The Morgan fingerprint density at radius 1 is 0.966 bits per heavy atom. The Kier molecular flexibility index (Phi) is 7.00. The molecule has 3 rings (SSSR count). The van der Waals surface area contributed by atoms with E-state index in [0.717, 1.165) is 21.7 Å². The van der Waals surface area contributed by atoms with E-state index < -0.39 is 0 Å². The summed E-state index contributed by atoms with van der Waals surface area (Å²) in [7, 11) is 0. The minimum absolute atomic E-state index is 0.158. The van der Waals surface area contributed by atoms with Crippen molar-refractivity contribution in [3.05, 3.63) is 77.1 Å². The van der Waals surface area contributed by atoms with Crippen molar-refractivity contribution < 1.29 is 14.3 Å². The van der Waals surface area contributed by atoms with Gasteiger partial charge in [0.2, 0.25) is 5.91 Å². The second-order valence-corrected chi connectivity index (χ2v) is 6.18. The topological polar surface area (TPSA) is 82.5 Å². The predicted octanol–water partition coefficient (Wildman–Crippen LogP) is 2.50. The monoisotopic (exact) mass is 393 g/mol. The Labute approximate surface area is 168 Å². The average molecular weight is 393 g/mol. The number of ether oxygens (including phenoxy) is 2. The fourth-order valence-electron chi connectivity index (χ4n) is 2.67. The number of carbonyl (C=O) groups is 1. The lowest BCUT2D eigenvalue weighted by Gasteiger charge is -2.10. The van der Waals surface area contributed by atoms with Crippen molar-refractivity contribution in [3.8, 4) is 22.8 Å². The average Bonchev–Trinajstić information content (AvgIpc) is 2.74. The highest BCUT2D eigenvalue weighted by Gasteiger charge is 2.08. The van der Waals surface area contributed by atoms with E-state index in [1.807, 2.05) is 61.5 Å². The largest absolute Gasteiger partial charge is 0.494 e. The molecule has 0 saturated carbocycles. The number of nitrogens with one attached hydrogen (secondary N) is 1. The molecular weight excluding hydrogens is 370 g/mol. The number of aromatic nitrogens is 2. The van der Waals surface area contributed by atoms with Gasteiger partial charge in [-0.15, -0.1) is 0 Å². The van der Waals surface area contributed by atoms with Crippen LogP contribution in [0.25, 0.3) is 11.3 Å². The van der Waals surface area contributed by atoms with E-state index in [4.69, 9.17) is 9.47 Å². The quantitative estimate of drug-likeness (QED) is 0.565. The van der Waals surface area contributed by atoms with Gasteiger partial charge in [-0.3, -0.25) is 9.59 Å². The molecule has 0 aliphatic carbocycles. The normalized spacial score (nSPS) is 10.4. The summed E-state index contributed by atoms with van der Waals surface area (Å²) in [4.78, 5) is 24.2. The van der Waals surface area contributed by atoms with Crippen LogP contribution in [0, 0.1) is 0 Å². The number of hydrogen-bond donors (Lipinski definition) is 1. The molecule has 0 aliphatic rings. The first-order valence-corrected chi connectivity index (χ1v) is 9.41. The molecule has 0 fully saturated rings. The molecule has 1 amide bonds. The summed E-state index contributed by atoms with van der Waals surface area (Å²) in [5.74, 6) is 1.20. The summed E-state index contributed by atoms with van der Waals surface area (Å²) in [6.45, 7) is 3.03. The van der Waals surface area contributed by atoms with Crippen LogP contribution in [0.4, 0.5) is 0 Å². The highest BCUT2D eigenvalue weighted by atomic mass is 16.5. The molecule has 0 unspecified atom stereocenters. The number of para-hydroxylation sites is 1. The Balaban J connectivity index is 1.56. The summed E-state index contributed by atoms with van der Waals surface area (Å²) in [5, 5.41) is 7.03. The molecule has 7 nitrogen and oxygen atoms in total. The number of rotatable bonds is 9. The maximum atomic E-state index is 12.2. The van der Waals surface area contributed by atoms with Crippen LogP contribution in [0.3, 0.4) is 0 Å². The number of nitrogens with zero attached hydrogens (tertiary/aromatic N) is 2. The Morgan fingerprint density at radius 2 is 1.69 bits per heavy atom. The lowest BCUT2D eigenvalue weighted by atomic mass is 10.1. The third-order valence-electron chi connectivity index (χ3n) is 4.06. The SMILES string of the molecule is CCOc1ccc(-c2ccc(=O)n(CC(=O)NCCOc3ccccc3)n2)cc1. The molecular formula is C22H23N3O4. The summed E-state index contributed by atoms with van der Waals surface area (Å²) >= 11 is 0. The van der Waals surface area contributed by atoms with Crippen LogP contribution < -0.4 is 20.3 Å². The van der Waals surface area contributed by atoms with Gasteiger partial charge in [-0.1, -0.05) is 18.2 Å². The first-order chi connectivity index (χ1) is 14.2. The first-order valence-electron chi connectivity index (χ1n) is 9.41. The minimum Gasteiger partial charge on any atom is -0.494 e.